The predicted molar refractivity (Wildman–Crippen MR) is 122 cm³/mol. The van der Waals surface area contributed by atoms with Gasteiger partial charge >= 0.3 is 0 Å². The first-order valence-electron chi connectivity index (χ1n) is 10.7. The van der Waals surface area contributed by atoms with E-state index in [0.29, 0.717) is 12.2 Å². The SMILES string of the molecule is CC(C)(O)[C@H]1CN(c2ccc3nc(-c4ccc(F)cc4)c(-c4ccncc4)n3n2)CCN1. The van der Waals surface area contributed by atoms with Crippen molar-refractivity contribution in [2.75, 3.05) is 24.5 Å². The Kier molecular flexibility index (Phi) is 5.11. The van der Waals surface area contributed by atoms with Crippen LogP contribution < -0.4 is 10.2 Å². The molecule has 8 heteroatoms. The molecule has 5 rings (SSSR count). The number of rotatable bonds is 4. The number of piperazine rings is 1. The lowest BCUT2D eigenvalue weighted by Gasteiger charge is -2.39. The van der Waals surface area contributed by atoms with E-state index in [1.54, 1.807) is 24.5 Å². The van der Waals surface area contributed by atoms with Gasteiger partial charge in [-0.25, -0.2) is 13.9 Å². The maximum atomic E-state index is 13.5. The minimum atomic E-state index is -0.838. The monoisotopic (exact) mass is 432 g/mol. The molecule has 0 spiro atoms. The fourth-order valence-electron chi connectivity index (χ4n) is 4.10. The smallest absolute Gasteiger partial charge is 0.155 e. The Morgan fingerprint density at radius 1 is 1.03 bits per heavy atom. The summed E-state index contributed by atoms with van der Waals surface area (Å²) >= 11 is 0. The summed E-state index contributed by atoms with van der Waals surface area (Å²) in [7, 11) is 0. The summed E-state index contributed by atoms with van der Waals surface area (Å²) in [5.41, 5.74) is 3.16. The van der Waals surface area contributed by atoms with Crippen molar-refractivity contribution in [3.8, 4) is 22.5 Å². The summed E-state index contributed by atoms with van der Waals surface area (Å²) in [4.78, 5) is 11.1. The van der Waals surface area contributed by atoms with Crippen LogP contribution in [-0.4, -0.2) is 56.0 Å². The van der Waals surface area contributed by atoms with Crippen LogP contribution in [0.4, 0.5) is 10.2 Å². The van der Waals surface area contributed by atoms with Crippen LogP contribution >= 0.6 is 0 Å². The van der Waals surface area contributed by atoms with Crippen LogP contribution in [0.1, 0.15) is 13.8 Å². The molecule has 4 heterocycles. The maximum Gasteiger partial charge on any atom is 0.155 e. The van der Waals surface area contributed by atoms with Crippen molar-refractivity contribution in [1.82, 2.24) is 24.9 Å². The Morgan fingerprint density at radius 2 is 1.78 bits per heavy atom. The van der Waals surface area contributed by atoms with Crippen LogP contribution in [0.15, 0.2) is 60.9 Å². The van der Waals surface area contributed by atoms with Gasteiger partial charge in [0.1, 0.15) is 17.3 Å². The maximum absolute atomic E-state index is 13.5. The van der Waals surface area contributed by atoms with Gasteiger partial charge < -0.3 is 15.3 Å². The number of pyridine rings is 1. The number of nitrogens with zero attached hydrogens (tertiary/aromatic N) is 5. The van der Waals surface area contributed by atoms with Crippen molar-refractivity contribution in [3.05, 3.63) is 66.7 Å². The minimum absolute atomic E-state index is 0.0639. The molecule has 32 heavy (non-hydrogen) atoms. The van der Waals surface area contributed by atoms with Crippen molar-refractivity contribution in [3.63, 3.8) is 0 Å². The van der Waals surface area contributed by atoms with Gasteiger partial charge in [-0.2, -0.15) is 0 Å². The van der Waals surface area contributed by atoms with Crippen LogP contribution in [0.25, 0.3) is 28.2 Å². The molecule has 0 saturated carbocycles. The quantitative estimate of drug-likeness (QED) is 0.516. The van der Waals surface area contributed by atoms with E-state index in [1.165, 1.54) is 12.1 Å². The van der Waals surface area contributed by atoms with Gasteiger partial charge in [-0.15, -0.1) is 5.10 Å². The highest BCUT2D eigenvalue weighted by Crippen LogP contribution is 2.33. The number of aromatic nitrogens is 4. The lowest BCUT2D eigenvalue weighted by atomic mass is 9.97. The molecule has 2 N–H and O–H groups in total. The summed E-state index contributed by atoms with van der Waals surface area (Å²) in [6.45, 7) is 5.83. The van der Waals surface area contributed by atoms with Crippen molar-refractivity contribution < 1.29 is 9.50 Å². The Hall–Kier alpha value is -3.36. The van der Waals surface area contributed by atoms with Gasteiger partial charge in [0.05, 0.1) is 17.3 Å². The first kappa shape index (κ1) is 20.5. The third kappa shape index (κ3) is 3.83. The molecule has 1 aromatic carbocycles. The Balaban J connectivity index is 1.63. The number of aliphatic hydroxyl groups is 1. The van der Waals surface area contributed by atoms with Gasteiger partial charge in [0, 0.05) is 43.2 Å². The van der Waals surface area contributed by atoms with Crippen molar-refractivity contribution >= 4 is 11.5 Å². The van der Waals surface area contributed by atoms with E-state index in [9.17, 15) is 9.50 Å². The summed E-state index contributed by atoms with van der Waals surface area (Å²) < 4.78 is 15.4. The second kappa shape index (κ2) is 7.96. The highest BCUT2D eigenvalue weighted by Gasteiger charge is 2.32. The first-order valence-corrected chi connectivity index (χ1v) is 10.7. The summed E-state index contributed by atoms with van der Waals surface area (Å²) in [5.74, 6) is 0.523. The third-order valence-corrected chi connectivity index (χ3v) is 5.89. The van der Waals surface area contributed by atoms with Crippen molar-refractivity contribution in [2.24, 2.45) is 0 Å². The second-order valence-corrected chi connectivity index (χ2v) is 8.62. The Labute approximate surface area is 185 Å². The average molecular weight is 433 g/mol. The predicted octanol–water partition coefficient (Wildman–Crippen LogP) is 3.15. The van der Waals surface area contributed by atoms with E-state index in [2.05, 4.69) is 15.2 Å². The molecule has 1 aliphatic rings. The molecule has 0 amide bonds. The number of hydrogen-bond acceptors (Lipinski definition) is 6. The average Bonchev–Trinajstić information content (AvgIpc) is 3.18. The summed E-state index contributed by atoms with van der Waals surface area (Å²) in [5, 5.41) is 18.8. The molecule has 4 aromatic rings. The van der Waals surface area contributed by atoms with Gasteiger partial charge in [0.15, 0.2) is 5.65 Å². The van der Waals surface area contributed by atoms with E-state index < -0.39 is 5.60 Å². The van der Waals surface area contributed by atoms with Crippen LogP contribution in [-0.2, 0) is 0 Å². The second-order valence-electron chi connectivity index (χ2n) is 8.62. The van der Waals surface area contributed by atoms with E-state index in [1.807, 2.05) is 42.6 Å². The van der Waals surface area contributed by atoms with E-state index in [-0.39, 0.29) is 11.9 Å². The number of nitrogens with one attached hydrogen (secondary N) is 1. The highest BCUT2D eigenvalue weighted by atomic mass is 19.1. The molecule has 0 radical (unpaired) electrons. The van der Waals surface area contributed by atoms with Crippen LogP contribution in [0.2, 0.25) is 0 Å². The van der Waals surface area contributed by atoms with Crippen LogP contribution in [0.5, 0.6) is 0 Å². The van der Waals surface area contributed by atoms with Crippen LogP contribution in [0, 0.1) is 5.82 Å². The molecule has 1 aliphatic heterocycles. The Bertz CT molecular complexity index is 1230. The zero-order valence-corrected chi connectivity index (χ0v) is 18.0. The molecular formula is C24H25FN6O. The number of fused-ring (bicyclic) bond motifs is 1. The summed E-state index contributed by atoms with van der Waals surface area (Å²) in [6, 6.07) is 14.0. The molecule has 0 unspecified atom stereocenters. The molecule has 1 saturated heterocycles. The Morgan fingerprint density at radius 3 is 2.50 bits per heavy atom. The van der Waals surface area contributed by atoms with Crippen molar-refractivity contribution in [1.29, 1.82) is 0 Å². The number of hydrogen-bond donors (Lipinski definition) is 2. The molecule has 1 atom stereocenters. The molecule has 0 aliphatic carbocycles. The zero-order valence-electron chi connectivity index (χ0n) is 18.0. The van der Waals surface area contributed by atoms with E-state index >= 15 is 0 Å². The van der Waals surface area contributed by atoms with E-state index in [4.69, 9.17) is 10.1 Å². The van der Waals surface area contributed by atoms with Crippen molar-refractivity contribution in [2.45, 2.75) is 25.5 Å². The summed E-state index contributed by atoms with van der Waals surface area (Å²) in [6.07, 6.45) is 3.47. The van der Waals surface area contributed by atoms with E-state index in [0.717, 1.165) is 41.4 Å². The number of imidazole rings is 1. The molecule has 0 bridgehead atoms. The molecule has 164 valence electrons. The highest BCUT2D eigenvalue weighted by molar-refractivity contribution is 5.81. The molecule has 3 aromatic heterocycles. The molecule has 7 nitrogen and oxygen atoms in total. The molecule has 1 fully saturated rings. The lowest BCUT2D eigenvalue weighted by molar-refractivity contribution is 0.0363. The zero-order chi connectivity index (χ0) is 22.3. The first-order chi connectivity index (χ1) is 15.4. The fourth-order valence-corrected chi connectivity index (χ4v) is 4.10. The third-order valence-electron chi connectivity index (χ3n) is 5.89. The number of anilines is 1. The number of benzene rings is 1. The molecular weight excluding hydrogens is 407 g/mol. The standard InChI is InChI=1S/C24H25FN6O/c1-24(2,32)19-15-30(14-13-27-19)21-8-7-20-28-22(16-3-5-18(25)6-4-16)23(31(20)29-21)17-9-11-26-12-10-17/h3-12,19,27,32H,13-15H2,1-2H3/t19-/m1/s1. The van der Waals surface area contributed by atoms with Gasteiger partial charge in [0.25, 0.3) is 0 Å². The van der Waals surface area contributed by atoms with Gasteiger partial charge in [-0.05, 0) is 62.4 Å². The van der Waals surface area contributed by atoms with Gasteiger partial charge in [-0.3, -0.25) is 4.98 Å². The largest absolute Gasteiger partial charge is 0.389 e. The van der Waals surface area contributed by atoms with Gasteiger partial charge in [0.2, 0.25) is 0 Å². The number of halogens is 1. The van der Waals surface area contributed by atoms with Crippen LogP contribution in [0.3, 0.4) is 0 Å². The normalized spacial score (nSPS) is 17.1. The fraction of sp³-hybridized carbons (Fsp3) is 0.292. The van der Waals surface area contributed by atoms with Gasteiger partial charge in [-0.1, -0.05) is 0 Å². The topological polar surface area (TPSA) is 78.6 Å². The lowest BCUT2D eigenvalue weighted by Crippen LogP contribution is -2.59. The minimum Gasteiger partial charge on any atom is -0.389 e.